The lowest BCUT2D eigenvalue weighted by atomic mass is 10.3. The van der Waals surface area contributed by atoms with Crippen molar-refractivity contribution in [3.05, 3.63) is 36.7 Å². The zero-order chi connectivity index (χ0) is 14.4. The number of hydrogen-bond acceptors (Lipinski definition) is 4. The van der Waals surface area contributed by atoms with Gasteiger partial charge in [0.2, 0.25) is 5.91 Å². The molecule has 2 rings (SSSR count). The molecule has 0 spiro atoms. The lowest BCUT2D eigenvalue weighted by Crippen LogP contribution is -2.31. The fourth-order valence-corrected chi connectivity index (χ4v) is 1.85. The van der Waals surface area contributed by atoms with E-state index in [9.17, 15) is 4.79 Å². The summed E-state index contributed by atoms with van der Waals surface area (Å²) in [4.78, 5) is 12.0. The molecular formula is C13H19N5O2. The van der Waals surface area contributed by atoms with Crippen molar-refractivity contribution in [3.8, 4) is 0 Å². The van der Waals surface area contributed by atoms with Gasteiger partial charge in [-0.1, -0.05) is 0 Å². The highest BCUT2D eigenvalue weighted by molar-refractivity contribution is 5.79. The number of hydrogen-bond donors (Lipinski definition) is 1. The van der Waals surface area contributed by atoms with Crippen molar-refractivity contribution in [2.45, 2.75) is 26.1 Å². The second-order valence-electron chi connectivity index (χ2n) is 4.46. The Morgan fingerprint density at radius 2 is 2.20 bits per heavy atom. The summed E-state index contributed by atoms with van der Waals surface area (Å²) in [7, 11) is 1.64. The van der Waals surface area contributed by atoms with Gasteiger partial charge in [-0.05, 0) is 19.1 Å². The van der Waals surface area contributed by atoms with Crippen molar-refractivity contribution in [3.63, 3.8) is 0 Å². The average molecular weight is 277 g/mol. The molecule has 1 unspecified atom stereocenters. The van der Waals surface area contributed by atoms with E-state index in [1.54, 1.807) is 13.4 Å². The summed E-state index contributed by atoms with van der Waals surface area (Å²) in [5.41, 5.74) is 0. The van der Waals surface area contributed by atoms with E-state index in [-0.39, 0.29) is 11.9 Å². The summed E-state index contributed by atoms with van der Waals surface area (Å²) in [5, 5.41) is 10.7. The molecule has 0 saturated heterocycles. The van der Waals surface area contributed by atoms with Crippen LogP contribution in [-0.2, 0) is 22.6 Å². The van der Waals surface area contributed by atoms with E-state index in [1.165, 1.54) is 0 Å². The van der Waals surface area contributed by atoms with E-state index in [1.807, 2.05) is 40.6 Å². The van der Waals surface area contributed by atoms with Gasteiger partial charge < -0.3 is 19.2 Å². The van der Waals surface area contributed by atoms with Crippen LogP contribution < -0.4 is 5.32 Å². The first-order valence-corrected chi connectivity index (χ1v) is 6.48. The van der Waals surface area contributed by atoms with E-state index >= 15 is 0 Å². The van der Waals surface area contributed by atoms with Crippen LogP contribution in [0.5, 0.6) is 0 Å². The second kappa shape index (κ2) is 6.85. The van der Waals surface area contributed by atoms with Crippen LogP contribution in [0.3, 0.4) is 0 Å². The number of ether oxygens (including phenoxy) is 1. The molecule has 1 N–H and O–H groups in total. The number of nitrogens with zero attached hydrogens (tertiary/aromatic N) is 4. The van der Waals surface area contributed by atoms with Crippen molar-refractivity contribution in [1.82, 2.24) is 24.6 Å². The van der Waals surface area contributed by atoms with Gasteiger partial charge in [0.25, 0.3) is 0 Å². The number of carbonyl (C=O) groups excluding carboxylic acids is 1. The number of aromatic nitrogens is 4. The van der Waals surface area contributed by atoms with E-state index in [0.29, 0.717) is 19.7 Å². The fraction of sp³-hybridized carbons (Fsp3) is 0.462. The van der Waals surface area contributed by atoms with E-state index in [0.717, 1.165) is 5.82 Å². The van der Waals surface area contributed by atoms with Gasteiger partial charge in [0.15, 0.2) is 5.82 Å². The predicted molar refractivity (Wildman–Crippen MR) is 72.9 cm³/mol. The molecule has 0 fully saturated rings. The van der Waals surface area contributed by atoms with Gasteiger partial charge in [-0.2, -0.15) is 0 Å². The number of carbonyl (C=O) groups is 1. The van der Waals surface area contributed by atoms with E-state index < -0.39 is 0 Å². The largest absolute Gasteiger partial charge is 0.383 e. The highest BCUT2D eigenvalue weighted by Crippen LogP contribution is 2.06. The maximum atomic E-state index is 12.0. The lowest BCUT2D eigenvalue weighted by Gasteiger charge is -2.14. The minimum Gasteiger partial charge on any atom is -0.383 e. The summed E-state index contributed by atoms with van der Waals surface area (Å²) in [5.74, 6) is 0.664. The zero-order valence-corrected chi connectivity index (χ0v) is 11.7. The van der Waals surface area contributed by atoms with Crippen molar-refractivity contribution in [1.29, 1.82) is 0 Å². The highest BCUT2D eigenvalue weighted by Gasteiger charge is 2.14. The highest BCUT2D eigenvalue weighted by atomic mass is 16.5. The van der Waals surface area contributed by atoms with Crippen LogP contribution in [0.2, 0.25) is 0 Å². The molecule has 0 radical (unpaired) electrons. The minimum absolute atomic E-state index is 0.0532. The third-order valence-corrected chi connectivity index (χ3v) is 3.11. The van der Waals surface area contributed by atoms with Crippen LogP contribution in [0.15, 0.2) is 30.9 Å². The summed E-state index contributed by atoms with van der Waals surface area (Å²) < 4.78 is 8.73. The van der Waals surface area contributed by atoms with Gasteiger partial charge in [0.05, 0.1) is 13.2 Å². The van der Waals surface area contributed by atoms with Crippen LogP contribution in [-0.4, -0.2) is 39.0 Å². The quantitative estimate of drug-likeness (QED) is 0.804. The van der Waals surface area contributed by atoms with Crippen molar-refractivity contribution in [2.24, 2.45) is 0 Å². The molecule has 2 aromatic heterocycles. The van der Waals surface area contributed by atoms with Gasteiger partial charge in [-0.3, -0.25) is 4.79 Å². The Balaban J connectivity index is 1.88. The van der Waals surface area contributed by atoms with Gasteiger partial charge in [-0.25, -0.2) is 0 Å². The maximum absolute atomic E-state index is 12.0. The van der Waals surface area contributed by atoms with Crippen LogP contribution in [0.4, 0.5) is 0 Å². The first-order chi connectivity index (χ1) is 9.72. The number of nitrogens with one attached hydrogen (secondary N) is 1. The fourth-order valence-electron chi connectivity index (χ4n) is 1.85. The SMILES string of the molecule is COCCn1cnnc1CNC(=O)C(C)n1cccc1. The Hall–Kier alpha value is -2.15. The first-order valence-electron chi connectivity index (χ1n) is 6.48. The van der Waals surface area contributed by atoms with Gasteiger partial charge in [-0.15, -0.1) is 10.2 Å². The van der Waals surface area contributed by atoms with Crippen molar-refractivity contribution in [2.75, 3.05) is 13.7 Å². The maximum Gasteiger partial charge on any atom is 0.243 e. The standard InChI is InChI=1S/C13H19N5O2/c1-11(17-5-3-4-6-17)13(19)14-9-12-16-15-10-18(12)7-8-20-2/h3-6,10-11H,7-9H2,1-2H3,(H,14,19). The van der Waals surface area contributed by atoms with Crippen LogP contribution in [0.25, 0.3) is 0 Å². The smallest absolute Gasteiger partial charge is 0.243 e. The molecular weight excluding hydrogens is 258 g/mol. The van der Waals surface area contributed by atoms with E-state index in [2.05, 4.69) is 15.5 Å². The summed E-state index contributed by atoms with van der Waals surface area (Å²) in [6, 6.07) is 3.54. The normalized spacial score (nSPS) is 12.3. The van der Waals surface area contributed by atoms with Crippen molar-refractivity contribution < 1.29 is 9.53 Å². The number of methoxy groups -OCH3 is 1. The monoisotopic (exact) mass is 277 g/mol. The lowest BCUT2D eigenvalue weighted by molar-refractivity contribution is -0.124. The Kier molecular flexibility index (Phi) is 4.89. The molecule has 0 aliphatic heterocycles. The van der Waals surface area contributed by atoms with Gasteiger partial charge >= 0.3 is 0 Å². The molecule has 1 atom stereocenters. The molecule has 0 bridgehead atoms. The minimum atomic E-state index is -0.250. The average Bonchev–Trinajstić information content (AvgIpc) is 3.12. The molecule has 2 aromatic rings. The molecule has 7 heteroatoms. The number of rotatable bonds is 7. The van der Waals surface area contributed by atoms with Crippen LogP contribution in [0.1, 0.15) is 18.8 Å². The Bertz CT molecular complexity index is 535. The summed E-state index contributed by atoms with van der Waals surface area (Å²) >= 11 is 0. The second-order valence-corrected chi connectivity index (χ2v) is 4.46. The van der Waals surface area contributed by atoms with Gasteiger partial charge in [0.1, 0.15) is 12.4 Å². The molecule has 0 aromatic carbocycles. The number of amides is 1. The molecule has 20 heavy (non-hydrogen) atoms. The predicted octanol–water partition coefficient (Wildman–Crippen LogP) is 0.603. The molecule has 0 saturated carbocycles. The molecule has 0 aliphatic rings. The molecule has 7 nitrogen and oxygen atoms in total. The third kappa shape index (κ3) is 3.45. The molecule has 2 heterocycles. The summed E-state index contributed by atoms with van der Waals surface area (Å²) in [6.45, 7) is 3.46. The van der Waals surface area contributed by atoms with Crippen LogP contribution in [0, 0.1) is 0 Å². The third-order valence-electron chi connectivity index (χ3n) is 3.11. The van der Waals surface area contributed by atoms with E-state index in [4.69, 9.17) is 4.74 Å². The Labute approximate surface area is 117 Å². The van der Waals surface area contributed by atoms with Gasteiger partial charge in [0, 0.05) is 26.0 Å². The molecule has 108 valence electrons. The molecule has 1 amide bonds. The first kappa shape index (κ1) is 14.3. The zero-order valence-electron chi connectivity index (χ0n) is 11.7. The Morgan fingerprint density at radius 3 is 2.90 bits per heavy atom. The van der Waals surface area contributed by atoms with Crippen LogP contribution >= 0.6 is 0 Å². The van der Waals surface area contributed by atoms with Crippen molar-refractivity contribution >= 4 is 5.91 Å². The summed E-state index contributed by atoms with van der Waals surface area (Å²) in [6.07, 6.45) is 5.37. The molecule has 0 aliphatic carbocycles. The topological polar surface area (TPSA) is 74.0 Å². The Morgan fingerprint density at radius 1 is 1.45 bits per heavy atom.